The minimum Gasteiger partial charge on any atom is -0.478 e. The number of allylic oxidation sites excluding steroid dienone is 1. The first-order chi connectivity index (χ1) is 7.64. The lowest BCUT2D eigenvalue weighted by Gasteiger charge is -2.46. The van der Waals surface area contributed by atoms with Crippen LogP contribution in [0.15, 0.2) is 11.6 Å². The molecule has 2 saturated carbocycles. The van der Waals surface area contributed by atoms with Crippen molar-refractivity contribution in [3.05, 3.63) is 11.6 Å². The van der Waals surface area contributed by atoms with E-state index in [2.05, 4.69) is 6.08 Å². The molecule has 0 aromatic rings. The second-order valence-corrected chi connectivity index (χ2v) is 5.55. The third kappa shape index (κ3) is 2.16. The first-order valence-corrected chi connectivity index (χ1v) is 6.57. The molecule has 0 heterocycles. The van der Waals surface area contributed by atoms with Gasteiger partial charge in [-0.2, -0.15) is 0 Å². The summed E-state index contributed by atoms with van der Waals surface area (Å²) in [6.45, 7) is 1.75. The lowest BCUT2D eigenvalue weighted by Crippen LogP contribution is -2.35. The Morgan fingerprint density at radius 2 is 1.75 bits per heavy atom. The van der Waals surface area contributed by atoms with Gasteiger partial charge in [0, 0.05) is 5.57 Å². The SMILES string of the molecule is CC(=CC12CCCCC1CCCC2)C(=O)O. The summed E-state index contributed by atoms with van der Waals surface area (Å²) >= 11 is 0. The molecule has 0 unspecified atom stereocenters. The van der Waals surface area contributed by atoms with Crippen LogP contribution in [0, 0.1) is 11.3 Å². The van der Waals surface area contributed by atoms with Crippen molar-refractivity contribution in [3.8, 4) is 0 Å². The molecule has 2 fully saturated rings. The number of fused-ring (bicyclic) bond motifs is 1. The average molecular weight is 222 g/mol. The molecule has 1 N–H and O–H groups in total. The Balaban J connectivity index is 2.24. The van der Waals surface area contributed by atoms with E-state index in [-0.39, 0.29) is 5.41 Å². The zero-order valence-corrected chi connectivity index (χ0v) is 10.2. The molecule has 0 aromatic carbocycles. The van der Waals surface area contributed by atoms with Crippen LogP contribution >= 0.6 is 0 Å². The van der Waals surface area contributed by atoms with Crippen LogP contribution in [0.1, 0.15) is 58.3 Å². The summed E-state index contributed by atoms with van der Waals surface area (Å²) in [6, 6.07) is 0. The molecule has 16 heavy (non-hydrogen) atoms. The van der Waals surface area contributed by atoms with Gasteiger partial charge in [-0.3, -0.25) is 0 Å². The van der Waals surface area contributed by atoms with E-state index in [0.29, 0.717) is 5.57 Å². The largest absolute Gasteiger partial charge is 0.478 e. The van der Waals surface area contributed by atoms with Gasteiger partial charge < -0.3 is 5.11 Å². The minimum absolute atomic E-state index is 0.235. The number of carboxylic acid groups (broad SMARTS) is 1. The molecule has 2 heteroatoms. The molecule has 0 aromatic heterocycles. The molecule has 0 radical (unpaired) electrons. The monoisotopic (exact) mass is 222 g/mol. The number of hydrogen-bond acceptors (Lipinski definition) is 1. The van der Waals surface area contributed by atoms with Crippen LogP contribution in [0.25, 0.3) is 0 Å². The van der Waals surface area contributed by atoms with Gasteiger partial charge in [0.05, 0.1) is 0 Å². The summed E-state index contributed by atoms with van der Waals surface area (Å²) in [5, 5.41) is 9.03. The summed E-state index contributed by atoms with van der Waals surface area (Å²) in [7, 11) is 0. The average Bonchev–Trinajstić information content (AvgIpc) is 2.28. The van der Waals surface area contributed by atoms with Gasteiger partial charge >= 0.3 is 5.97 Å². The minimum atomic E-state index is -0.746. The Bertz CT molecular complexity index is 292. The summed E-state index contributed by atoms with van der Waals surface area (Å²) < 4.78 is 0. The highest BCUT2D eigenvalue weighted by Crippen LogP contribution is 2.51. The van der Waals surface area contributed by atoms with Gasteiger partial charge in [0.15, 0.2) is 0 Å². The Hall–Kier alpha value is -0.790. The van der Waals surface area contributed by atoms with Crippen LogP contribution < -0.4 is 0 Å². The normalized spacial score (nSPS) is 35.6. The molecule has 0 aliphatic heterocycles. The van der Waals surface area contributed by atoms with Crippen LogP contribution in [0.4, 0.5) is 0 Å². The van der Waals surface area contributed by atoms with Crippen LogP contribution in [0.2, 0.25) is 0 Å². The Morgan fingerprint density at radius 1 is 1.19 bits per heavy atom. The summed E-state index contributed by atoms with van der Waals surface area (Å²) in [5.74, 6) is 0.00794. The third-order valence-corrected chi connectivity index (χ3v) is 4.54. The number of carbonyl (C=O) groups is 1. The van der Waals surface area contributed by atoms with Crippen LogP contribution in [0.3, 0.4) is 0 Å². The van der Waals surface area contributed by atoms with E-state index < -0.39 is 5.97 Å². The first-order valence-electron chi connectivity index (χ1n) is 6.57. The molecule has 0 spiro atoms. The van der Waals surface area contributed by atoms with Gasteiger partial charge in [0.2, 0.25) is 0 Å². The molecule has 0 amide bonds. The van der Waals surface area contributed by atoms with Gasteiger partial charge in [0.1, 0.15) is 0 Å². The molecule has 90 valence electrons. The van der Waals surface area contributed by atoms with Crippen molar-refractivity contribution in [1.29, 1.82) is 0 Å². The first kappa shape index (κ1) is 11.7. The van der Waals surface area contributed by atoms with E-state index in [1.54, 1.807) is 6.92 Å². The predicted octanol–water partition coefficient (Wildman–Crippen LogP) is 3.77. The fourth-order valence-electron chi connectivity index (χ4n) is 3.70. The van der Waals surface area contributed by atoms with Crippen molar-refractivity contribution in [2.24, 2.45) is 11.3 Å². The van der Waals surface area contributed by atoms with E-state index in [0.717, 1.165) is 5.92 Å². The van der Waals surface area contributed by atoms with Gasteiger partial charge in [-0.05, 0) is 43.9 Å². The Morgan fingerprint density at radius 3 is 2.25 bits per heavy atom. The fraction of sp³-hybridized carbons (Fsp3) is 0.786. The smallest absolute Gasteiger partial charge is 0.330 e. The predicted molar refractivity (Wildman–Crippen MR) is 64.3 cm³/mol. The highest BCUT2D eigenvalue weighted by Gasteiger charge is 2.40. The van der Waals surface area contributed by atoms with E-state index in [1.807, 2.05) is 0 Å². The molecular weight excluding hydrogens is 200 g/mol. The summed E-state index contributed by atoms with van der Waals surface area (Å²) in [6.07, 6.45) is 12.4. The van der Waals surface area contributed by atoms with Crippen molar-refractivity contribution in [2.45, 2.75) is 58.3 Å². The Labute approximate surface area is 97.7 Å². The van der Waals surface area contributed by atoms with Crippen LogP contribution in [-0.4, -0.2) is 11.1 Å². The van der Waals surface area contributed by atoms with Crippen LogP contribution in [0.5, 0.6) is 0 Å². The van der Waals surface area contributed by atoms with Crippen molar-refractivity contribution in [1.82, 2.24) is 0 Å². The Kier molecular flexibility index (Phi) is 3.36. The maximum atomic E-state index is 11.0. The van der Waals surface area contributed by atoms with E-state index in [1.165, 1.54) is 51.4 Å². The summed E-state index contributed by atoms with van der Waals surface area (Å²) in [4.78, 5) is 11.0. The van der Waals surface area contributed by atoms with Gasteiger partial charge in [-0.15, -0.1) is 0 Å². The molecule has 0 atom stereocenters. The highest BCUT2D eigenvalue weighted by atomic mass is 16.4. The fourth-order valence-corrected chi connectivity index (χ4v) is 3.70. The van der Waals surface area contributed by atoms with E-state index in [9.17, 15) is 4.79 Å². The van der Waals surface area contributed by atoms with Gasteiger partial charge in [-0.1, -0.05) is 31.8 Å². The maximum Gasteiger partial charge on any atom is 0.330 e. The molecule has 2 nitrogen and oxygen atoms in total. The number of hydrogen-bond donors (Lipinski definition) is 1. The second kappa shape index (κ2) is 4.60. The zero-order valence-electron chi connectivity index (χ0n) is 10.2. The summed E-state index contributed by atoms with van der Waals surface area (Å²) in [5.41, 5.74) is 0.785. The lowest BCUT2D eigenvalue weighted by atomic mass is 9.59. The van der Waals surface area contributed by atoms with E-state index in [4.69, 9.17) is 5.11 Å². The van der Waals surface area contributed by atoms with Gasteiger partial charge in [0.25, 0.3) is 0 Å². The number of carboxylic acids is 1. The maximum absolute atomic E-state index is 11.0. The van der Waals surface area contributed by atoms with Crippen LogP contribution in [-0.2, 0) is 4.79 Å². The van der Waals surface area contributed by atoms with Gasteiger partial charge in [-0.25, -0.2) is 4.79 Å². The van der Waals surface area contributed by atoms with E-state index >= 15 is 0 Å². The zero-order chi connectivity index (χ0) is 11.6. The molecular formula is C14H22O2. The standard InChI is InChI=1S/C14H22O2/c1-11(13(15)16)10-14-8-4-2-6-12(14)7-3-5-9-14/h10,12H,2-9H2,1H3,(H,15,16). The molecule has 0 saturated heterocycles. The van der Waals surface area contributed by atoms with Crippen molar-refractivity contribution >= 4 is 5.97 Å². The van der Waals surface area contributed by atoms with Crippen molar-refractivity contribution < 1.29 is 9.90 Å². The highest BCUT2D eigenvalue weighted by molar-refractivity contribution is 5.85. The molecule has 2 aliphatic rings. The molecule has 0 bridgehead atoms. The molecule has 2 rings (SSSR count). The quantitative estimate of drug-likeness (QED) is 0.722. The van der Waals surface area contributed by atoms with Crippen molar-refractivity contribution in [2.75, 3.05) is 0 Å². The topological polar surface area (TPSA) is 37.3 Å². The molecule has 2 aliphatic carbocycles. The number of aliphatic carboxylic acids is 1. The number of rotatable bonds is 2. The second-order valence-electron chi connectivity index (χ2n) is 5.55. The third-order valence-electron chi connectivity index (χ3n) is 4.54. The van der Waals surface area contributed by atoms with Crippen molar-refractivity contribution in [3.63, 3.8) is 0 Å². The lowest BCUT2D eigenvalue weighted by molar-refractivity contribution is -0.132.